The van der Waals surface area contributed by atoms with Gasteiger partial charge in [-0.05, 0) is 25.3 Å². The lowest BCUT2D eigenvalue weighted by molar-refractivity contribution is -0.154. The van der Waals surface area contributed by atoms with Crippen LogP contribution >= 0.6 is 0 Å². The Morgan fingerprint density at radius 3 is 2.67 bits per heavy atom. The lowest BCUT2D eigenvalue weighted by Gasteiger charge is -2.37. The molecule has 0 unspecified atom stereocenters. The highest BCUT2D eigenvalue weighted by Gasteiger charge is 2.40. The monoisotopic (exact) mass is 291 g/mol. The van der Waals surface area contributed by atoms with E-state index in [0.29, 0.717) is 13.1 Å². The zero-order chi connectivity index (χ0) is 15.3. The molecule has 1 heterocycles. The van der Waals surface area contributed by atoms with E-state index in [2.05, 4.69) is 0 Å². The van der Waals surface area contributed by atoms with Gasteiger partial charge < -0.3 is 14.4 Å². The Bertz CT molecular complexity index is 502. The molecular formula is C16H21NO4. The van der Waals surface area contributed by atoms with Crippen LogP contribution in [-0.4, -0.2) is 37.2 Å². The molecular weight excluding hydrogens is 270 g/mol. The topological polar surface area (TPSA) is 55.8 Å². The summed E-state index contributed by atoms with van der Waals surface area (Å²) in [7, 11) is 1.38. The Morgan fingerprint density at radius 2 is 2.00 bits per heavy atom. The Kier molecular flexibility index (Phi) is 4.83. The maximum Gasteiger partial charge on any atom is 0.410 e. The van der Waals surface area contributed by atoms with E-state index in [1.54, 1.807) is 4.90 Å². The summed E-state index contributed by atoms with van der Waals surface area (Å²) >= 11 is 0. The van der Waals surface area contributed by atoms with Crippen LogP contribution in [0.15, 0.2) is 30.3 Å². The van der Waals surface area contributed by atoms with E-state index in [4.69, 9.17) is 9.47 Å². The number of hydrogen-bond donors (Lipinski definition) is 0. The smallest absolute Gasteiger partial charge is 0.410 e. The quantitative estimate of drug-likeness (QED) is 0.803. The molecule has 0 radical (unpaired) electrons. The number of nitrogens with zero attached hydrogens (tertiary/aromatic N) is 1. The van der Waals surface area contributed by atoms with E-state index in [0.717, 1.165) is 18.4 Å². The number of likely N-dealkylation sites (tertiary alicyclic amines) is 1. The van der Waals surface area contributed by atoms with Crippen LogP contribution in [0, 0.1) is 5.41 Å². The summed E-state index contributed by atoms with van der Waals surface area (Å²) in [6.45, 7) is 3.02. The summed E-state index contributed by atoms with van der Waals surface area (Å²) in [4.78, 5) is 25.5. The molecule has 1 fully saturated rings. The molecule has 0 bridgehead atoms. The number of benzene rings is 1. The summed E-state index contributed by atoms with van der Waals surface area (Å²) in [5.41, 5.74) is 0.303. The normalized spacial score (nSPS) is 21.7. The summed E-state index contributed by atoms with van der Waals surface area (Å²) in [6, 6.07) is 9.53. The van der Waals surface area contributed by atoms with Crippen LogP contribution in [0.4, 0.5) is 4.79 Å². The van der Waals surface area contributed by atoms with Gasteiger partial charge in [-0.25, -0.2) is 4.79 Å². The van der Waals surface area contributed by atoms with Crippen molar-refractivity contribution in [2.75, 3.05) is 20.2 Å². The third kappa shape index (κ3) is 3.74. The third-order valence-corrected chi connectivity index (χ3v) is 3.84. The van der Waals surface area contributed by atoms with Crippen LogP contribution in [0.25, 0.3) is 0 Å². The fourth-order valence-corrected chi connectivity index (χ4v) is 2.62. The van der Waals surface area contributed by atoms with Crippen LogP contribution in [0.2, 0.25) is 0 Å². The second-order valence-corrected chi connectivity index (χ2v) is 5.62. The maximum atomic E-state index is 12.1. The number of amides is 1. The zero-order valence-corrected chi connectivity index (χ0v) is 12.5. The number of methoxy groups -OCH3 is 1. The molecule has 5 nitrogen and oxygen atoms in total. The molecule has 5 heteroatoms. The van der Waals surface area contributed by atoms with Crippen LogP contribution in [0.1, 0.15) is 25.3 Å². The van der Waals surface area contributed by atoms with Crippen molar-refractivity contribution < 1.29 is 19.1 Å². The van der Waals surface area contributed by atoms with Gasteiger partial charge in [0.05, 0.1) is 12.5 Å². The fraction of sp³-hybridized carbons (Fsp3) is 0.500. The molecule has 0 spiro atoms. The Morgan fingerprint density at radius 1 is 1.29 bits per heavy atom. The van der Waals surface area contributed by atoms with E-state index in [-0.39, 0.29) is 18.7 Å². The van der Waals surface area contributed by atoms with Crippen molar-refractivity contribution in [3.05, 3.63) is 35.9 Å². The average Bonchev–Trinajstić information content (AvgIpc) is 2.52. The molecule has 0 N–H and O–H groups in total. The van der Waals surface area contributed by atoms with Crippen LogP contribution in [0.5, 0.6) is 0 Å². The van der Waals surface area contributed by atoms with Gasteiger partial charge in [0.15, 0.2) is 0 Å². The first-order valence-corrected chi connectivity index (χ1v) is 7.09. The first kappa shape index (κ1) is 15.4. The van der Waals surface area contributed by atoms with E-state index in [1.165, 1.54) is 7.11 Å². The summed E-state index contributed by atoms with van der Waals surface area (Å²) in [5, 5.41) is 0. The molecule has 1 atom stereocenters. The largest absolute Gasteiger partial charge is 0.469 e. The molecule has 1 aromatic carbocycles. The highest BCUT2D eigenvalue weighted by Crippen LogP contribution is 2.31. The first-order chi connectivity index (χ1) is 10.0. The van der Waals surface area contributed by atoms with Gasteiger partial charge in [0.25, 0.3) is 0 Å². The minimum absolute atomic E-state index is 0.241. The predicted octanol–water partition coefficient (Wildman–Crippen LogP) is 2.60. The van der Waals surface area contributed by atoms with Crippen LogP contribution in [-0.2, 0) is 20.9 Å². The molecule has 21 heavy (non-hydrogen) atoms. The number of carbonyl (C=O) groups is 2. The number of carbonyl (C=O) groups excluding carboxylic acids is 2. The van der Waals surface area contributed by atoms with E-state index in [1.807, 2.05) is 37.3 Å². The molecule has 1 aromatic rings. The number of ether oxygens (including phenoxy) is 2. The molecule has 1 saturated heterocycles. The molecule has 0 aliphatic carbocycles. The Labute approximate surface area is 124 Å². The molecule has 0 aromatic heterocycles. The van der Waals surface area contributed by atoms with Gasteiger partial charge in [0.2, 0.25) is 0 Å². The first-order valence-electron chi connectivity index (χ1n) is 7.09. The van der Waals surface area contributed by atoms with Gasteiger partial charge in [0, 0.05) is 13.1 Å². The lowest BCUT2D eigenvalue weighted by atomic mass is 9.82. The molecule has 1 aliphatic heterocycles. The number of piperidine rings is 1. The standard InChI is InChI=1S/C16H21NO4/c1-16(14(18)20-2)9-6-10-17(12-16)15(19)21-11-13-7-4-3-5-8-13/h3-5,7-8H,6,9-12H2,1-2H3/t16-/m0/s1. The van der Waals surface area contributed by atoms with Gasteiger partial charge in [0.1, 0.15) is 6.61 Å². The molecule has 0 saturated carbocycles. The van der Waals surface area contributed by atoms with E-state index >= 15 is 0 Å². The van der Waals surface area contributed by atoms with Crippen LogP contribution in [0.3, 0.4) is 0 Å². The minimum Gasteiger partial charge on any atom is -0.469 e. The number of esters is 1. The molecule has 114 valence electrons. The van der Waals surface area contributed by atoms with E-state index in [9.17, 15) is 9.59 Å². The fourth-order valence-electron chi connectivity index (χ4n) is 2.62. The van der Waals surface area contributed by atoms with Crippen molar-refractivity contribution in [1.82, 2.24) is 4.90 Å². The summed E-state index contributed by atoms with van der Waals surface area (Å²) in [6.07, 6.45) is 1.11. The van der Waals surface area contributed by atoms with Crippen molar-refractivity contribution in [1.29, 1.82) is 0 Å². The van der Waals surface area contributed by atoms with Crippen molar-refractivity contribution >= 4 is 12.1 Å². The Balaban J connectivity index is 1.92. The highest BCUT2D eigenvalue weighted by atomic mass is 16.6. The number of hydrogen-bond acceptors (Lipinski definition) is 4. The second-order valence-electron chi connectivity index (χ2n) is 5.62. The van der Waals surface area contributed by atoms with Gasteiger partial charge >= 0.3 is 12.1 Å². The second kappa shape index (κ2) is 6.61. The van der Waals surface area contributed by atoms with Gasteiger partial charge in [-0.15, -0.1) is 0 Å². The zero-order valence-electron chi connectivity index (χ0n) is 12.5. The molecule has 2 rings (SSSR count). The lowest BCUT2D eigenvalue weighted by Crippen LogP contribution is -2.48. The Hall–Kier alpha value is -2.04. The van der Waals surface area contributed by atoms with Crippen molar-refractivity contribution in [2.45, 2.75) is 26.4 Å². The summed E-state index contributed by atoms with van der Waals surface area (Å²) in [5.74, 6) is -0.275. The predicted molar refractivity (Wildman–Crippen MR) is 77.6 cm³/mol. The van der Waals surface area contributed by atoms with Crippen molar-refractivity contribution in [3.8, 4) is 0 Å². The molecule has 1 amide bonds. The van der Waals surface area contributed by atoms with Crippen molar-refractivity contribution in [2.24, 2.45) is 5.41 Å². The number of rotatable bonds is 3. The van der Waals surface area contributed by atoms with Gasteiger partial charge in [-0.1, -0.05) is 30.3 Å². The van der Waals surface area contributed by atoms with Crippen molar-refractivity contribution in [3.63, 3.8) is 0 Å². The minimum atomic E-state index is -0.640. The SMILES string of the molecule is COC(=O)[C@@]1(C)CCCN(C(=O)OCc2ccccc2)C1. The molecule has 1 aliphatic rings. The van der Waals surface area contributed by atoms with Gasteiger partial charge in [-0.2, -0.15) is 0 Å². The third-order valence-electron chi connectivity index (χ3n) is 3.84. The maximum absolute atomic E-state index is 12.1. The highest BCUT2D eigenvalue weighted by molar-refractivity contribution is 5.78. The average molecular weight is 291 g/mol. The van der Waals surface area contributed by atoms with Gasteiger partial charge in [-0.3, -0.25) is 4.79 Å². The summed E-state index contributed by atoms with van der Waals surface area (Å²) < 4.78 is 10.1. The van der Waals surface area contributed by atoms with Crippen LogP contribution < -0.4 is 0 Å². The van der Waals surface area contributed by atoms with E-state index < -0.39 is 5.41 Å².